The van der Waals surface area contributed by atoms with E-state index in [1.54, 1.807) is 7.11 Å². The molecule has 172 valence electrons. The van der Waals surface area contributed by atoms with Crippen LogP contribution in [0.2, 0.25) is 0 Å². The van der Waals surface area contributed by atoms with Gasteiger partial charge in [-0.3, -0.25) is 4.98 Å². The maximum absolute atomic E-state index is 5.88. The van der Waals surface area contributed by atoms with Gasteiger partial charge in [0.2, 0.25) is 0 Å². The summed E-state index contributed by atoms with van der Waals surface area (Å²) in [7, 11) is 5.76. The Morgan fingerprint density at radius 1 is 0.912 bits per heavy atom. The predicted octanol–water partition coefficient (Wildman–Crippen LogP) is 5.12. The number of hydrogen-bond donors (Lipinski definition) is 1. The van der Waals surface area contributed by atoms with Crippen LogP contribution in [0.25, 0.3) is 5.69 Å². The lowest BCUT2D eigenvalue weighted by Crippen LogP contribution is -2.30. The molecule has 0 amide bonds. The highest BCUT2D eigenvalue weighted by Gasteiger charge is 2.42. The molecular formula is C27H27N5OS. The van der Waals surface area contributed by atoms with Gasteiger partial charge in [0.15, 0.2) is 5.11 Å². The van der Waals surface area contributed by atoms with E-state index >= 15 is 0 Å². The minimum atomic E-state index is -0.103. The number of hydrogen-bond acceptors (Lipinski definition) is 4. The van der Waals surface area contributed by atoms with Crippen molar-refractivity contribution in [1.82, 2.24) is 14.9 Å². The number of nitrogens with one attached hydrogen (secondary N) is 1. The summed E-state index contributed by atoms with van der Waals surface area (Å²) in [5.41, 5.74) is 5.30. The van der Waals surface area contributed by atoms with Gasteiger partial charge in [0.1, 0.15) is 11.8 Å². The minimum Gasteiger partial charge on any atom is -0.497 e. The molecule has 34 heavy (non-hydrogen) atoms. The second-order valence-electron chi connectivity index (χ2n) is 8.41. The fourth-order valence-corrected chi connectivity index (χ4v) is 4.80. The number of aromatic nitrogens is 2. The molecule has 0 spiro atoms. The van der Waals surface area contributed by atoms with Crippen molar-refractivity contribution >= 4 is 28.7 Å². The number of rotatable bonds is 6. The molecule has 1 fully saturated rings. The Morgan fingerprint density at radius 3 is 2.29 bits per heavy atom. The van der Waals surface area contributed by atoms with Gasteiger partial charge in [-0.2, -0.15) is 0 Å². The molecule has 2 aromatic carbocycles. The Bertz CT molecular complexity index is 1270. The maximum atomic E-state index is 5.88. The summed E-state index contributed by atoms with van der Waals surface area (Å²) < 4.78 is 7.56. The molecule has 0 aliphatic carbocycles. The highest BCUT2D eigenvalue weighted by atomic mass is 32.1. The zero-order chi connectivity index (χ0) is 23.7. The molecule has 0 saturated carbocycles. The van der Waals surface area contributed by atoms with Gasteiger partial charge in [-0.05, 0) is 85.0 Å². The molecule has 7 heteroatoms. The van der Waals surface area contributed by atoms with Crippen molar-refractivity contribution in [2.45, 2.75) is 12.1 Å². The first-order valence-corrected chi connectivity index (χ1v) is 11.6. The van der Waals surface area contributed by atoms with Crippen molar-refractivity contribution in [2.24, 2.45) is 0 Å². The number of anilines is 2. The van der Waals surface area contributed by atoms with Crippen LogP contribution in [-0.2, 0) is 0 Å². The summed E-state index contributed by atoms with van der Waals surface area (Å²) in [6.07, 6.45) is 3.91. The van der Waals surface area contributed by atoms with Crippen molar-refractivity contribution in [1.29, 1.82) is 0 Å². The van der Waals surface area contributed by atoms with E-state index in [0.29, 0.717) is 5.11 Å². The monoisotopic (exact) mass is 469 g/mol. The maximum Gasteiger partial charge on any atom is 0.174 e. The number of benzene rings is 2. The van der Waals surface area contributed by atoms with E-state index in [1.807, 2.05) is 50.6 Å². The van der Waals surface area contributed by atoms with Crippen molar-refractivity contribution in [2.75, 3.05) is 31.0 Å². The molecule has 1 aliphatic heterocycles. The van der Waals surface area contributed by atoms with E-state index < -0.39 is 0 Å². The van der Waals surface area contributed by atoms with Gasteiger partial charge in [-0.1, -0.05) is 6.07 Å². The normalized spacial score (nSPS) is 17.5. The second-order valence-corrected chi connectivity index (χ2v) is 8.80. The quantitative estimate of drug-likeness (QED) is 0.395. The van der Waals surface area contributed by atoms with Crippen LogP contribution in [0.3, 0.4) is 0 Å². The summed E-state index contributed by atoms with van der Waals surface area (Å²) in [5.74, 6) is 0.829. The van der Waals surface area contributed by atoms with Crippen molar-refractivity contribution in [3.05, 3.63) is 103 Å². The Labute approximate surface area is 205 Å². The molecule has 6 nitrogen and oxygen atoms in total. The molecule has 4 aromatic rings. The summed E-state index contributed by atoms with van der Waals surface area (Å²) in [5, 5.41) is 4.22. The Balaban J connectivity index is 1.62. The van der Waals surface area contributed by atoms with E-state index in [-0.39, 0.29) is 12.1 Å². The standard InChI is InChI=1S/C27H27N5OS/c1-30(2)19-9-11-21(12-10-19)32-26(25(29-27(32)34)23-7-4-5-17-28-23)24-8-6-18-31(24)20-13-15-22(33-3)16-14-20/h4-18,25-26H,1-3H3,(H,29,34)/t25-,26+/m0/s1. The second kappa shape index (κ2) is 9.19. The number of nitrogens with zero attached hydrogens (tertiary/aromatic N) is 4. The van der Waals surface area contributed by atoms with E-state index in [4.69, 9.17) is 17.0 Å². The van der Waals surface area contributed by atoms with Crippen molar-refractivity contribution in [3.63, 3.8) is 0 Å². The predicted molar refractivity (Wildman–Crippen MR) is 141 cm³/mol. The first kappa shape index (κ1) is 22.0. The van der Waals surface area contributed by atoms with Gasteiger partial charge in [-0.15, -0.1) is 0 Å². The summed E-state index contributed by atoms with van der Waals surface area (Å²) in [6.45, 7) is 0. The van der Waals surface area contributed by atoms with Crippen LogP contribution in [-0.4, -0.2) is 35.9 Å². The zero-order valence-corrected chi connectivity index (χ0v) is 20.2. The van der Waals surface area contributed by atoms with Crippen LogP contribution in [0, 0.1) is 0 Å². The number of ether oxygens (including phenoxy) is 1. The molecule has 2 atom stereocenters. The lowest BCUT2D eigenvalue weighted by Gasteiger charge is -2.29. The molecule has 5 rings (SSSR count). The molecule has 2 aromatic heterocycles. The number of pyridine rings is 1. The first-order valence-electron chi connectivity index (χ1n) is 11.2. The third kappa shape index (κ3) is 3.99. The van der Waals surface area contributed by atoms with Crippen LogP contribution < -0.4 is 19.9 Å². The Hall–Kier alpha value is -3.84. The first-order chi connectivity index (χ1) is 16.6. The SMILES string of the molecule is COc1ccc(-n2cccc2[C@@H]2[C@H](c3ccccn3)NC(=S)N2c2ccc(N(C)C)cc2)cc1. The molecular weight excluding hydrogens is 442 g/mol. The van der Waals surface area contributed by atoms with Gasteiger partial charge in [-0.25, -0.2) is 0 Å². The molecule has 0 unspecified atom stereocenters. The lowest BCUT2D eigenvalue weighted by molar-refractivity contribution is 0.414. The average Bonchev–Trinajstić information content (AvgIpc) is 3.49. The van der Waals surface area contributed by atoms with Gasteiger partial charge >= 0.3 is 0 Å². The van der Waals surface area contributed by atoms with E-state index in [2.05, 4.69) is 79.4 Å². The van der Waals surface area contributed by atoms with Crippen LogP contribution >= 0.6 is 12.2 Å². The molecule has 1 aliphatic rings. The largest absolute Gasteiger partial charge is 0.497 e. The van der Waals surface area contributed by atoms with E-state index in [0.717, 1.165) is 34.2 Å². The topological polar surface area (TPSA) is 45.6 Å². The Morgan fingerprint density at radius 2 is 1.65 bits per heavy atom. The summed E-state index contributed by atoms with van der Waals surface area (Å²) >= 11 is 5.88. The van der Waals surface area contributed by atoms with Crippen molar-refractivity contribution in [3.8, 4) is 11.4 Å². The Kier molecular flexibility index (Phi) is 5.94. The smallest absolute Gasteiger partial charge is 0.174 e. The minimum absolute atomic E-state index is 0.0929. The van der Waals surface area contributed by atoms with E-state index in [1.165, 1.54) is 0 Å². The number of methoxy groups -OCH3 is 1. The molecule has 0 radical (unpaired) electrons. The summed E-state index contributed by atoms with van der Waals surface area (Å²) in [4.78, 5) is 8.95. The van der Waals surface area contributed by atoms with Crippen molar-refractivity contribution < 1.29 is 4.74 Å². The van der Waals surface area contributed by atoms with Crippen LogP contribution in [0.5, 0.6) is 5.75 Å². The average molecular weight is 470 g/mol. The third-order valence-corrected chi connectivity index (χ3v) is 6.49. The molecule has 0 bridgehead atoms. The van der Waals surface area contributed by atoms with Gasteiger partial charge < -0.3 is 24.4 Å². The highest BCUT2D eigenvalue weighted by Crippen LogP contribution is 2.42. The van der Waals surface area contributed by atoms with Gasteiger partial charge in [0, 0.05) is 49.2 Å². The lowest BCUT2D eigenvalue weighted by atomic mass is 10.0. The van der Waals surface area contributed by atoms with E-state index in [9.17, 15) is 0 Å². The fraction of sp³-hybridized carbons (Fsp3) is 0.185. The van der Waals surface area contributed by atoms with Crippen LogP contribution in [0.4, 0.5) is 11.4 Å². The molecule has 3 heterocycles. The molecule has 1 N–H and O–H groups in total. The van der Waals surface area contributed by atoms with Gasteiger partial charge in [0.05, 0.1) is 18.8 Å². The van der Waals surface area contributed by atoms with Crippen LogP contribution in [0.15, 0.2) is 91.3 Å². The summed E-state index contributed by atoms with van der Waals surface area (Å²) in [6, 6.07) is 26.6. The molecule has 1 saturated heterocycles. The zero-order valence-electron chi connectivity index (χ0n) is 19.4. The highest BCUT2D eigenvalue weighted by molar-refractivity contribution is 7.80. The fourth-order valence-electron chi connectivity index (χ4n) is 4.46. The van der Waals surface area contributed by atoms with Gasteiger partial charge in [0.25, 0.3) is 0 Å². The third-order valence-electron chi connectivity index (χ3n) is 6.18. The number of thiocarbonyl (C=S) groups is 1. The van der Waals surface area contributed by atoms with Crippen LogP contribution in [0.1, 0.15) is 23.5 Å².